The van der Waals surface area contributed by atoms with E-state index in [1.54, 1.807) is 0 Å². The number of aliphatic carboxylic acids is 1. The Morgan fingerprint density at radius 3 is 2.75 bits per heavy atom. The van der Waals surface area contributed by atoms with E-state index in [1.165, 1.54) is 0 Å². The number of nitrogens with one attached hydrogen (secondary N) is 3. The summed E-state index contributed by atoms with van der Waals surface area (Å²) in [5.41, 5.74) is 6.71. The number of rotatable bonds is 1. The summed E-state index contributed by atoms with van der Waals surface area (Å²) in [6, 6.07) is 0. The lowest BCUT2D eigenvalue weighted by Gasteiger charge is -1.89. The molecule has 1 rings (SSSR count). The molecule has 1 heterocycles. The summed E-state index contributed by atoms with van der Waals surface area (Å²) in [5, 5.41) is 11.4. The average molecular weight is 116 g/mol. The van der Waals surface area contributed by atoms with E-state index >= 15 is 0 Å². The molecule has 0 saturated carbocycles. The van der Waals surface area contributed by atoms with E-state index in [-0.39, 0.29) is 5.84 Å². The first-order valence-corrected chi connectivity index (χ1v) is 1.87. The van der Waals surface area contributed by atoms with Crippen molar-refractivity contribution in [3.8, 4) is 0 Å². The number of hydrogen-bond donors (Lipinski definition) is 4. The van der Waals surface area contributed by atoms with Crippen molar-refractivity contribution in [2.75, 3.05) is 0 Å². The van der Waals surface area contributed by atoms with Crippen LogP contribution in [0.3, 0.4) is 0 Å². The highest BCUT2D eigenvalue weighted by atomic mass is 16.4. The van der Waals surface area contributed by atoms with Crippen LogP contribution in [0.25, 0.3) is 0 Å². The van der Waals surface area contributed by atoms with Gasteiger partial charge in [0.1, 0.15) is 0 Å². The van der Waals surface area contributed by atoms with Gasteiger partial charge < -0.3 is 5.11 Å². The molecule has 6 heteroatoms. The third-order valence-corrected chi connectivity index (χ3v) is 0.607. The van der Waals surface area contributed by atoms with Gasteiger partial charge in [-0.1, -0.05) is 0 Å². The molecule has 0 aromatic carbocycles. The zero-order chi connectivity index (χ0) is 5.98. The number of hydrazine groups is 2. The van der Waals surface area contributed by atoms with Crippen molar-refractivity contribution in [1.82, 2.24) is 16.5 Å². The van der Waals surface area contributed by atoms with Gasteiger partial charge in [-0.05, 0) is 0 Å². The lowest BCUT2D eigenvalue weighted by Crippen LogP contribution is -2.37. The molecule has 1 aliphatic rings. The topological polar surface area (TPSA) is 85.8 Å². The van der Waals surface area contributed by atoms with Crippen molar-refractivity contribution in [1.29, 1.82) is 0 Å². The van der Waals surface area contributed by atoms with Crippen LogP contribution in [0.15, 0.2) is 5.10 Å². The Morgan fingerprint density at radius 1 is 1.75 bits per heavy atom. The molecule has 0 amide bonds. The molecule has 4 N–H and O–H groups in total. The smallest absolute Gasteiger partial charge is 0.374 e. The zero-order valence-electron chi connectivity index (χ0n) is 3.80. The summed E-state index contributed by atoms with van der Waals surface area (Å²) in [4.78, 5) is 9.93. The maximum absolute atomic E-state index is 9.93. The number of amidine groups is 1. The van der Waals surface area contributed by atoms with Crippen LogP contribution in [0, 0.1) is 0 Å². The van der Waals surface area contributed by atoms with Gasteiger partial charge in [0.2, 0.25) is 5.84 Å². The Bertz CT molecular complexity index is 141. The van der Waals surface area contributed by atoms with Gasteiger partial charge in [0.15, 0.2) is 0 Å². The third-order valence-electron chi connectivity index (χ3n) is 0.607. The van der Waals surface area contributed by atoms with Gasteiger partial charge in [-0.25, -0.2) is 10.3 Å². The summed E-state index contributed by atoms with van der Waals surface area (Å²) in [5.74, 6) is -1.23. The highest BCUT2D eigenvalue weighted by Crippen LogP contribution is 1.72. The summed E-state index contributed by atoms with van der Waals surface area (Å²) in [7, 11) is 0. The molecule has 0 spiro atoms. The largest absolute Gasteiger partial charge is 0.475 e. The molecule has 0 saturated heterocycles. The first kappa shape index (κ1) is 4.85. The molecule has 0 unspecified atom stereocenters. The molecular formula is C2H4N4O2. The lowest BCUT2D eigenvalue weighted by molar-refractivity contribution is -0.129. The van der Waals surface area contributed by atoms with Crippen LogP contribution in [-0.4, -0.2) is 16.9 Å². The van der Waals surface area contributed by atoms with E-state index in [9.17, 15) is 4.79 Å². The van der Waals surface area contributed by atoms with Crippen molar-refractivity contribution in [3.63, 3.8) is 0 Å². The maximum atomic E-state index is 9.93. The standard InChI is InChI=1S/C2H4N4O2/c7-2(8)1-3-5-6-4-1/h5-6H,(H,3,4)(H,7,8). The Morgan fingerprint density at radius 2 is 2.50 bits per heavy atom. The molecule has 8 heavy (non-hydrogen) atoms. The number of nitrogens with zero attached hydrogens (tertiary/aromatic N) is 1. The van der Waals surface area contributed by atoms with Crippen LogP contribution >= 0.6 is 0 Å². The highest BCUT2D eigenvalue weighted by Gasteiger charge is 2.11. The Hall–Kier alpha value is -1.30. The van der Waals surface area contributed by atoms with Gasteiger partial charge >= 0.3 is 5.97 Å². The predicted octanol–water partition coefficient (Wildman–Crippen LogP) is -2.00. The van der Waals surface area contributed by atoms with Crippen molar-refractivity contribution in [3.05, 3.63) is 0 Å². The molecule has 0 fully saturated rings. The summed E-state index contributed by atoms with van der Waals surface area (Å²) in [6.45, 7) is 0. The molecule has 0 atom stereocenters. The van der Waals surface area contributed by atoms with Gasteiger partial charge in [0.05, 0.1) is 0 Å². The lowest BCUT2D eigenvalue weighted by atomic mass is 10.6. The van der Waals surface area contributed by atoms with E-state index in [2.05, 4.69) is 21.6 Å². The van der Waals surface area contributed by atoms with Crippen LogP contribution in [-0.2, 0) is 4.79 Å². The molecular weight excluding hydrogens is 112 g/mol. The summed E-state index contributed by atoms with van der Waals surface area (Å²) in [6.07, 6.45) is 0. The van der Waals surface area contributed by atoms with Gasteiger partial charge in [-0.15, -0.1) is 10.6 Å². The number of carbonyl (C=O) groups is 1. The van der Waals surface area contributed by atoms with Crippen molar-refractivity contribution < 1.29 is 9.90 Å². The number of carboxylic acids is 1. The number of hydrazone groups is 1. The maximum Gasteiger partial charge on any atom is 0.374 e. The fraction of sp³-hybridized carbons (Fsp3) is 0. The van der Waals surface area contributed by atoms with E-state index < -0.39 is 5.97 Å². The minimum Gasteiger partial charge on any atom is -0.475 e. The van der Waals surface area contributed by atoms with E-state index in [1.807, 2.05) is 0 Å². The van der Waals surface area contributed by atoms with Crippen LogP contribution in [0.4, 0.5) is 0 Å². The monoisotopic (exact) mass is 116 g/mol. The van der Waals surface area contributed by atoms with E-state index in [4.69, 9.17) is 5.11 Å². The van der Waals surface area contributed by atoms with E-state index in [0.717, 1.165) is 0 Å². The predicted molar refractivity (Wildman–Crippen MR) is 24.5 cm³/mol. The van der Waals surface area contributed by atoms with Gasteiger partial charge in [0, 0.05) is 0 Å². The van der Waals surface area contributed by atoms with E-state index in [0.29, 0.717) is 0 Å². The second kappa shape index (κ2) is 1.66. The minimum absolute atomic E-state index is 0.134. The molecule has 0 radical (unpaired) electrons. The Labute approximate surface area is 44.5 Å². The molecule has 44 valence electrons. The number of hydrogen-bond acceptors (Lipinski definition) is 5. The van der Waals surface area contributed by atoms with Crippen LogP contribution < -0.4 is 16.5 Å². The second-order valence-corrected chi connectivity index (χ2v) is 1.13. The Balaban J connectivity index is 2.57. The number of carboxylic acid groups (broad SMARTS) is 1. The van der Waals surface area contributed by atoms with Gasteiger partial charge in [-0.2, -0.15) is 0 Å². The average Bonchev–Trinajstić information content (AvgIpc) is 2.12. The molecule has 0 aromatic heterocycles. The van der Waals surface area contributed by atoms with Crippen molar-refractivity contribution in [2.45, 2.75) is 0 Å². The summed E-state index contributed by atoms with van der Waals surface area (Å²) >= 11 is 0. The quantitative estimate of drug-likeness (QED) is 0.318. The zero-order valence-corrected chi connectivity index (χ0v) is 3.80. The van der Waals surface area contributed by atoms with Crippen LogP contribution in [0.5, 0.6) is 0 Å². The normalized spacial score (nSPS) is 16.2. The molecule has 0 aromatic rings. The molecule has 0 aliphatic carbocycles. The van der Waals surface area contributed by atoms with Gasteiger partial charge in [-0.3, -0.25) is 5.43 Å². The molecule has 6 nitrogen and oxygen atoms in total. The second-order valence-electron chi connectivity index (χ2n) is 1.13. The first-order valence-electron chi connectivity index (χ1n) is 1.87. The fourth-order valence-electron chi connectivity index (χ4n) is 0.300. The minimum atomic E-state index is -1.09. The molecule has 0 bridgehead atoms. The first-order chi connectivity index (χ1) is 3.80. The highest BCUT2D eigenvalue weighted by molar-refractivity contribution is 6.34. The van der Waals surface area contributed by atoms with Crippen molar-refractivity contribution in [2.24, 2.45) is 5.10 Å². The summed E-state index contributed by atoms with van der Waals surface area (Å²) < 4.78 is 0. The third kappa shape index (κ3) is 0.684. The van der Waals surface area contributed by atoms with Crippen molar-refractivity contribution >= 4 is 11.8 Å². The van der Waals surface area contributed by atoms with Crippen LogP contribution in [0.2, 0.25) is 0 Å². The van der Waals surface area contributed by atoms with Crippen LogP contribution in [0.1, 0.15) is 0 Å². The van der Waals surface area contributed by atoms with Gasteiger partial charge in [0.25, 0.3) is 0 Å². The molecule has 1 aliphatic heterocycles. The Kier molecular flexibility index (Phi) is 1.01. The fourth-order valence-corrected chi connectivity index (χ4v) is 0.300. The SMILES string of the molecule is O=C(O)C1=NNNN1.